The second-order valence-corrected chi connectivity index (χ2v) is 5.50. The molecule has 2 rings (SSSR count). The zero-order valence-corrected chi connectivity index (χ0v) is 12.5. The SMILES string of the molecule is CC(C)NCc1ncoc1-c1cccc(Br)c1Cl. The van der Waals surface area contributed by atoms with E-state index in [2.05, 4.69) is 40.1 Å². The number of oxazole rings is 1. The Bertz CT molecular complexity index is 540. The van der Waals surface area contributed by atoms with Crippen LogP contribution in [0.5, 0.6) is 0 Å². The average molecular weight is 330 g/mol. The molecule has 0 atom stereocenters. The van der Waals surface area contributed by atoms with Crippen molar-refractivity contribution in [2.45, 2.75) is 26.4 Å². The highest BCUT2D eigenvalue weighted by atomic mass is 79.9. The Morgan fingerprint density at radius 2 is 2.22 bits per heavy atom. The van der Waals surface area contributed by atoms with Crippen LogP contribution >= 0.6 is 27.5 Å². The van der Waals surface area contributed by atoms with Crippen LogP contribution in [0.3, 0.4) is 0 Å². The molecule has 96 valence electrons. The van der Waals surface area contributed by atoms with Gasteiger partial charge in [-0.15, -0.1) is 0 Å². The molecule has 0 aliphatic carbocycles. The monoisotopic (exact) mass is 328 g/mol. The van der Waals surface area contributed by atoms with Gasteiger partial charge in [-0.05, 0) is 28.1 Å². The highest BCUT2D eigenvalue weighted by Gasteiger charge is 2.15. The fourth-order valence-corrected chi connectivity index (χ4v) is 2.17. The lowest BCUT2D eigenvalue weighted by atomic mass is 10.1. The number of nitrogens with zero attached hydrogens (tertiary/aromatic N) is 1. The Morgan fingerprint density at radius 3 is 2.94 bits per heavy atom. The molecule has 1 heterocycles. The highest BCUT2D eigenvalue weighted by molar-refractivity contribution is 9.10. The van der Waals surface area contributed by atoms with Crippen LogP contribution in [0.4, 0.5) is 0 Å². The van der Waals surface area contributed by atoms with Gasteiger partial charge in [0.15, 0.2) is 12.2 Å². The molecule has 0 aliphatic rings. The molecule has 3 nitrogen and oxygen atoms in total. The fourth-order valence-electron chi connectivity index (χ4n) is 1.59. The molecular formula is C13H14BrClN2O. The van der Waals surface area contributed by atoms with Crippen molar-refractivity contribution in [1.29, 1.82) is 0 Å². The van der Waals surface area contributed by atoms with Crippen LogP contribution in [0.2, 0.25) is 5.02 Å². The molecule has 0 amide bonds. The van der Waals surface area contributed by atoms with Gasteiger partial charge in [-0.1, -0.05) is 31.5 Å². The van der Waals surface area contributed by atoms with Gasteiger partial charge in [0.25, 0.3) is 0 Å². The van der Waals surface area contributed by atoms with Gasteiger partial charge in [0.2, 0.25) is 0 Å². The van der Waals surface area contributed by atoms with E-state index in [4.69, 9.17) is 16.0 Å². The summed E-state index contributed by atoms with van der Waals surface area (Å²) < 4.78 is 6.31. The summed E-state index contributed by atoms with van der Waals surface area (Å²) in [6, 6.07) is 6.14. The van der Waals surface area contributed by atoms with E-state index in [1.165, 1.54) is 6.39 Å². The third kappa shape index (κ3) is 2.94. The van der Waals surface area contributed by atoms with Crippen LogP contribution < -0.4 is 5.32 Å². The number of rotatable bonds is 4. The Morgan fingerprint density at radius 1 is 1.44 bits per heavy atom. The summed E-state index contributed by atoms with van der Waals surface area (Å²) in [5.41, 5.74) is 1.72. The smallest absolute Gasteiger partial charge is 0.181 e. The van der Waals surface area contributed by atoms with Crippen molar-refractivity contribution in [3.63, 3.8) is 0 Å². The third-order valence-corrected chi connectivity index (χ3v) is 3.81. The maximum atomic E-state index is 6.26. The van der Waals surface area contributed by atoms with E-state index in [0.29, 0.717) is 17.6 Å². The summed E-state index contributed by atoms with van der Waals surface area (Å²) in [5.74, 6) is 0.717. The molecule has 0 fully saturated rings. The largest absolute Gasteiger partial charge is 0.443 e. The first-order valence-corrected chi connectivity index (χ1v) is 6.87. The first-order valence-electron chi connectivity index (χ1n) is 5.69. The van der Waals surface area contributed by atoms with Crippen molar-refractivity contribution in [3.05, 3.63) is 39.8 Å². The summed E-state index contributed by atoms with van der Waals surface area (Å²) in [6.07, 6.45) is 1.45. The van der Waals surface area contributed by atoms with E-state index in [9.17, 15) is 0 Å². The lowest BCUT2D eigenvalue weighted by Crippen LogP contribution is -2.22. The Balaban J connectivity index is 2.33. The Hall–Kier alpha value is -0.840. The molecule has 5 heteroatoms. The maximum Gasteiger partial charge on any atom is 0.181 e. The van der Waals surface area contributed by atoms with Crippen LogP contribution in [0.15, 0.2) is 33.5 Å². The third-order valence-electron chi connectivity index (χ3n) is 2.52. The summed E-state index contributed by atoms with van der Waals surface area (Å²) in [7, 11) is 0. The molecule has 0 aliphatic heterocycles. The molecular weight excluding hydrogens is 316 g/mol. The minimum atomic E-state index is 0.396. The summed E-state index contributed by atoms with van der Waals surface area (Å²) >= 11 is 9.67. The van der Waals surface area contributed by atoms with Gasteiger partial charge in [-0.3, -0.25) is 0 Å². The molecule has 0 bridgehead atoms. The molecule has 1 aromatic heterocycles. The topological polar surface area (TPSA) is 38.1 Å². The second-order valence-electron chi connectivity index (χ2n) is 4.27. The minimum Gasteiger partial charge on any atom is -0.443 e. The van der Waals surface area contributed by atoms with Crippen LogP contribution in [0.25, 0.3) is 11.3 Å². The van der Waals surface area contributed by atoms with Crippen LogP contribution in [0.1, 0.15) is 19.5 Å². The van der Waals surface area contributed by atoms with Crippen molar-refractivity contribution in [2.24, 2.45) is 0 Å². The Kier molecular flexibility index (Phi) is 4.43. The number of aromatic nitrogens is 1. The van der Waals surface area contributed by atoms with E-state index >= 15 is 0 Å². The molecule has 0 saturated carbocycles. The number of hydrogen-bond acceptors (Lipinski definition) is 3. The normalized spacial score (nSPS) is 11.2. The maximum absolute atomic E-state index is 6.26. The van der Waals surface area contributed by atoms with Crippen LogP contribution in [-0.4, -0.2) is 11.0 Å². The first kappa shape index (κ1) is 13.6. The van der Waals surface area contributed by atoms with Crippen LogP contribution in [-0.2, 0) is 6.54 Å². The van der Waals surface area contributed by atoms with Crippen LogP contribution in [0, 0.1) is 0 Å². The van der Waals surface area contributed by atoms with E-state index < -0.39 is 0 Å². The van der Waals surface area contributed by atoms with Gasteiger partial charge in [0.05, 0.1) is 5.02 Å². The van der Waals surface area contributed by atoms with Crippen molar-refractivity contribution >= 4 is 27.5 Å². The van der Waals surface area contributed by atoms with Crippen molar-refractivity contribution < 1.29 is 4.42 Å². The van der Waals surface area contributed by atoms with Gasteiger partial charge in [-0.2, -0.15) is 0 Å². The molecule has 0 unspecified atom stereocenters. The van der Waals surface area contributed by atoms with E-state index in [-0.39, 0.29) is 0 Å². The number of nitrogens with one attached hydrogen (secondary N) is 1. The summed E-state index contributed by atoms with van der Waals surface area (Å²) in [6.45, 7) is 4.84. The van der Waals surface area contributed by atoms with E-state index in [1.54, 1.807) is 0 Å². The molecule has 0 spiro atoms. The van der Waals surface area contributed by atoms with Crippen molar-refractivity contribution in [3.8, 4) is 11.3 Å². The van der Waals surface area contributed by atoms with Gasteiger partial charge < -0.3 is 9.73 Å². The zero-order chi connectivity index (χ0) is 13.1. The molecule has 1 N–H and O–H groups in total. The number of benzene rings is 1. The van der Waals surface area contributed by atoms with Crippen molar-refractivity contribution in [2.75, 3.05) is 0 Å². The molecule has 1 aromatic carbocycles. The van der Waals surface area contributed by atoms with E-state index in [0.717, 1.165) is 21.5 Å². The second kappa shape index (κ2) is 5.87. The van der Waals surface area contributed by atoms with Gasteiger partial charge in [0.1, 0.15) is 5.69 Å². The molecule has 18 heavy (non-hydrogen) atoms. The minimum absolute atomic E-state index is 0.396. The lowest BCUT2D eigenvalue weighted by Gasteiger charge is -2.08. The molecule has 0 saturated heterocycles. The summed E-state index contributed by atoms with van der Waals surface area (Å²) in [5, 5.41) is 3.95. The Labute approximate surface area is 120 Å². The highest BCUT2D eigenvalue weighted by Crippen LogP contribution is 2.35. The summed E-state index contributed by atoms with van der Waals surface area (Å²) in [4.78, 5) is 4.23. The average Bonchev–Trinajstić information content (AvgIpc) is 2.78. The predicted molar refractivity (Wildman–Crippen MR) is 76.6 cm³/mol. The quantitative estimate of drug-likeness (QED) is 0.911. The van der Waals surface area contributed by atoms with Gasteiger partial charge in [0, 0.05) is 22.6 Å². The number of hydrogen-bond donors (Lipinski definition) is 1. The molecule has 0 radical (unpaired) electrons. The van der Waals surface area contributed by atoms with Crippen molar-refractivity contribution in [1.82, 2.24) is 10.3 Å². The van der Waals surface area contributed by atoms with Gasteiger partial charge in [-0.25, -0.2) is 4.98 Å². The first-order chi connectivity index (χ1) is 8.59. The zero-order valence-electron chi connectivity index (χ0n) is 10.2. The molecule has 2 aromatic rings. The lowest BCUT2D eigenvalue weighted by molar-refractivity contribution is 0.563. The van der Waals surface area contributed by atoms with E-state index in [1.807, 2.05) is 18.2 Å². The van der Waals surface area contributed by atoms with Gasteiger partial charge >= 0.3 is 0 Å². The number of halogens is 2. The standard InChI is InChI=1S/C13H14BrClN2O/c1-8(2)16-6-11-13(18-7-17-11)9-4-3-5-10(14)12(9)15/h3-5,7-8,16H,6H2,1-2H3. The predicted octanol–water partition coefficient (Wildman–Crippen LogP) is 4.26. The fraction of sp³-hybridized carbons (Fsp3) is 0.308.